The van der Waals surface area contributed by atoms with Crippen molar-refractivity contribution in [2.24, 2.45) is 0 Å². The minimum absolute atomic E-state index is 0.139. The zero-order valence-electron chi connectivity index (χ0n) is 12.8. The highest BCUT2D eigenvalue weighted by atomic mass is 16.6. The van der Waals surface area contributed by atoms with E-state index in [9.17, 15) is 19.7 Å². The number of aromatic nitrogens is 2. The Morgan fingerprint density at radius 2 is 2.12 bits per heavy atom. The topological polar surface area (TPSA) is 120 Å². The number of nitrogens with zero attached hydrogens (tertiary/aromatic N) is 3. The molecule has 126 valence electrons. The summed E-state index contributed by atoms with van der Waals surface area (Å²) in [6, 6.07) is 10.1. The lowest BCUT2D eigenvalue weighted by atomic mass is 10.3. The Balaban J connectivity index is 1.72. The molecule has 0 unspecified atom stereocenters. The highest BCUT2D eigenvalue weighted by molar-refractivity contribution is 5.90. The average molecular weight is 340 g/mol. The van der Waals surface area contributed by atoms with Crippen LogP contribution in [0.5, 0.6) is 0 Å². The lowest BCUT2D eigenvalue weighted by Crippen LogP contribution is -2.27. The Kier molecular flexibility index (Phi) is 4.38. The van der Waals surface area contributed by atoms with Gasteiger partial charge in [0.25, 0.3) is 11.2 Å². The summed E-state index contributed by atoms with van der Waals surface area (Å²) in [6.45, 7) is -0.271. The van der Waals surface area contributed by atoms with Gasteiger partial charge in [-0.25, -0.2) is 4.98 Å². The second-order valence-corrected chi connectivity index (χ2v) is 5.07. The van der Waals surface area contributed by atoms with E-state index in [4.69, 9.17) is 4.42 Å². The van der Waals surface area contributed by atoms with Crippen LogP contribution in [0.25, 0.3) is 11.5 Å². The molecular weight excluding hydrogens is 328 g/mol. The van der Waals surface area contributed by atoms with Gasteiger partial charge < -0.3 is 9.73 Å². The first-order valence-electron chi connectivity index (χ1n) is 7.17. The van der Waals surface area contributed by atoms with E-state index >= 15 is 0 Å². The smallest absolute Gasteiger partial charge is 0.271 e. The highest BCUT2D eigenvalue weighted by Gasteiger charge is 2.11. The van der Waals surface area contributed by atoms with E-state index in [0.29, 0.717) is 11.5 Å². The zero-order chi connectivity index (χ0) is 17.8. The van der Waals surface area contributed by atoms with Crippen LogP contribution in [0.15, 0.2) is 64.3 Å². The number of amides is 1. The molecule has 1 N–H and O–H groups in total. The molecule has 1 amide bonds. The largest absolute Gasteiger partial charge is 0.463 e. The predicted octanol–water partition coefficient (Wildman–Crippen LogP) is 2.05. The fourth-order valence-electron chi connectivity index (χ4n) is 2.16. The summed E-state index contributed by atoms with van der Waals surface area (Å²) in [6.07, 6.45) is 2.71. The highest BCUT2D eigenvalue weighted by Crippen LogP contribution is 2.17. The fourth-order valence-corrected chi connectivity index (χ4v) is 2.16. The summed E-state index contributed by atoms with van der Waals surface area (Å²) in [4.78, 5) is 38.4. The number of carbonyl (C=O) groups is 1. The van der Waals surface area contributed by atoms with Crippen molar-refractivity contribution in [2.75, 3.05) is 5.32 Å². The van der Waals surface area contributed by atoms with Crippen molar-refractivity contribution in [2.45, 2.75) is 6.54 Å². The van der Waals surface area contributed by atoms with E-state index in [1.54, 1.807) is 12.1 Å². The number of nitro benzene ring substituents is 1. The van der Waals surface area contributed by atoms with Crippen molar-refractivity contribution in [1.29, 1.82) is 0 Å². The number of non-ortho nitro benzene ring substituents is 1. The van der Waals surface area contributed by atoms with E-state index in [1.165, 1.54) is 42.9 Å². The van der Waals surface area contributed by atoms with Gasteiger partial charge in [0.1, 0.15) is 12.2 Å². The van der Waals surface area contributed by atoms with Gasteiger partial charge in [0, 0.05) is 23.9 Å². The van der Waals surface area contributed by atoms with Crippen LogP contribution in [-0.2, 0) is 11.3 Å². The van der Waals surface area contributed by atoms with Gasteiger partial charge in [0.05, 0.1) is 17.5 Å². The van der Waals surface area contributed by atoms with E-state index < -0.39 is 16.4 Å². The Hall–Kier alpha value is -3.75. The van der Waals surface area contributed by atoms with Crippen molar-refractivity contribution >= 4 is 17.3 Å². The molecule has 0 spiro atoms. The molecule has 0 radical (unpaired) electrons. The Labute approximate surface area is 140 Å². The number of carbonyl (C=O) groups excluding carboxylic acids is 1. The summed E-state index contributed by atoms with van der Waals surface area (Å²) < 4.78 is 6.28. The number of rotatable bonds is 5. The maximum Gasteiger partial charge on any atom is 0.271 e. The van der Waals surface area contributed by atoms with Gasteiger partial charge in [0.15, 0.2) is 5.76 Å². The molecule has 0 aliphatic heterocycles. The van der Waals surface area contributed by atoms with Crippen molar-refractivity contribution in [3.05, 3.63) is 75.5 Å². The number of hydrogen-bond acceptors (Lipinski definition) is 6. The van der Waals surface area contributed by atoms with Crippen LogP contribution in [0.2, 0.25) is 0 Å². The predicted molar refractivity (Wildman–Crippen MR) is 87.9 cm³/mol. The molecule has 2 heterocycles. The summed E-state index contributed by atoms with van der Waals surface area (Å²) >= 11 is 0. The summed E-state index contributed by atoms with van der Waals surface area (Å²) in [5.74, 6) is -0.0551. The Morgan fingerprint density at radius 3 is 2.80 bits per heavy atom. The normalized spacial score (nSPS) is 10.4. The van der Waals surface area contributed by atoms with Crippen LogP contribution < -0.4 is 10.9 Å². The van der Waals surface area contributed by atoms with Gasteiger partial charge in [-0.1, -0.05) is 6.07 Å². The number of benzene rings is 1. The molecule has 3 aromatic rings. The van der Waals surface area contributed by atoms with Crippen LogP contribution >= 0.6 is 0 Å². The molecule has 0 aliphatic rings. The van der Waals surface area contributed by atoms with Crippen molar-refractivity contribution in [3.8, 4) is 11.5 Å². The number of anilines is 1. The van der Waals surface area contributed by atoms with Crippen molar-refractivity contribution < 1.29 is 14.1 Å². The number of hydrogen-bond donors (Lipinski definition) is 1. The molecule has 0 atom stereocenters. The molecule has 2 aromatic heterocycles. The third-order valence-electron chi connectivity index (χ3n) is 3.31. The fraction of sp³-hybridized carbons (Fsp3) is 0.0625. The maximum absolute atomic E-state index is 12.1. The second-order valence-electron chi connectivity index (χ2n) is 5.07. The molecule has 25 heavy (non-hydrogen) atoms. The molecule has 9 nitrogen and oxygen atoms in total. The monoisotopic (exact) mass is 340 g/mol. The van der Waals surface area contributed by atoms with Gasteiger partial charge >= 0.3 is 0 Å². The quantitative estimate of drug-likeness (QED) is 0.560. The van der Waals surface area contributed by atoms with Gasteiger partial charge in [-0.3, -0.25) is 24.3 Å². The van der Waals surface area contributed by atoms with Crippen LogP contribution in [0.1, 0.15) is 0 Å². The first-order valence-corrected chi connectivity index (χ1v) is 7.17. The maximum atomic E-state index is 12.1. The summed E-state index contributed by atoms with van der Waals surface area (Å²) in [5, 5.41) is 13.2. The lowest BCUT2D eigenvalue weighted by Gasteiger charge is -2.07. The Bertz CT molecular complexity index is 978. The van der Waals surface area contributed by atoms with Gasteiger partial charge in [0.2, 0.25) is 5.91 Å². The first kappa shape index (κ1) is 16.1. The molecule has 1 aromatic carbocycles. The van der Waals surface area contributed by atoms with E-state index in [2.05, 4.69) is 10.3 Å². The third-order valence-corrected chi connectivity index (χ3v) is 3.31. The standard InChI is InChI=1S/C16H12N4O5/c21-15(18-11-3-1-4-12(7-11)20(23)24)9-19-10-17-13(8-16(19)22)14-5-2-6-25-14/h1-8,10H,9H2,(H,18,21). The van der Waals surface area contributed by atoms with Crippen LogP contribution in [0, 0.1) is 10.1 Å². The van der Waals surface area contributed by atoms with E-state index in [0.717, 1.165) is 4.57 Å². The average Bonchev–Trinajstić information content (AvgIpc) is 3.11. The summed E-state index contributed by atoms with van der Waals surface area (Å²) in [7, 11) is 0. The molecule has 0 saturated heterocycles. The third kappa shape index (κ3) is 3.78. The molecule has 0 fully saturated rings. The second kappa shape index (κ2) is 6.79. The summed E-state index contributed by atoms with van der Waals surface area (Å²) in [5.41, 5.74) is 0.0767. The lowest BCUT2D eigenvalue weighted by molar-refractivity contribution is -0.384. The van der Waals surface area contributed by atoms with Crippen molar-refractivity contribution in [3.63, 3.8) is 0 Å². The zero-order valence-corrected chi connectivity index (χ0v) is 12.8. The number of furan rings is 1. The molecule has 0 aliphatic carbocycles. The molecule has 3 rings (SSSR count). The number of nitrogens with one attached hydrogen (secondary N) is 1. The van der Waals surface area contributed by atoms with E-state index in [-0.39, 0.29) is 17.9 Å². The Morgan fingerprint density at radius 1 is 1.28 bits per heavy atom. The molecule has 9 heteroatoms. The molecule has 0 saturated carbocycles. The first-order chi connectivity index (χ1) is 12.0. The van der Waals surface area contributed by atoms with Crippen molar-refractivity contribution in [1.82, 2.24) is 9.55 Å². The number of nitro groups is 1. The molecule has 0 bridgehead atoms. The molecular formula is C16H12N4O5. The van der Waals surface area contributed by atoms with E-state index in [1.807, 2.05) is 0 Å². The van der Waals surface area contributed by atoms with Crippen LogP contribution in [0.3, 0.4) is 0 Å². The van der Waals surface area contributed by atoms with Gasteiger partial charge in [-0.2, -0.15) is 0 Å². The van der Waals surface area contributed by atoms with Gasteiger partial charge in [-0.15, -0.1) is 0 Å². The SMILES string of the molecule is O=C(Cn1cnc(-c2ccco2)cc1=O)Nc1cccc([N+](=O)[O-])c1. The van der Waals surface area contributed by atoms with Gasteiger partial charge in [-0.05, 0) is 18.2 Å². The van der Waals surface area contributed by atoms with Crippen LogP contribution in [-0.4, -0.2) is 20.4 Å². The minimum atomic E-state index is -0.558. The van der Waals surface area contributed by atoms with Crippen LogP contribution in [0.4, 0.5) is 11.4 Å². The minimum Gasteiger partial charge on any atom is -0.463 e.